The highest BCUT2D eigenvalue weighted by Crippen LogP contribution is 2.27. The molecular formula is C13H17N3O4. The predicted molar refractivity (Wildman–Crippen MR) is 73.9 cm³/mol. The molecule has 0 saturated carbocycles. The van der Waals surface area contributed by atoms with E-state index in [1.807, 2.05) is 6.07 Å². The highest BCUT2D eigenvalue weighted by atomic mass is 16.4. The number of nitrogen functional groups attached to an aromatic ring is 1. The van der Waals surface area contributed by atoms with Crippen molar-refractivity contribution in [3.05, 3.63) is 23.8 Å². The summed E-state index contributed by atoms with van der Waals surface area (Å²) in [4.78, 5) is 24.4. The first-order valence-electron chi connectivity index (χ1n) is 6.36. The topological polar surface area (TPSA) is 107 Å². The molecule has 0 aliphatic carbocycles. The van der Waals surface area contributed by atoms with Crippen molar-refractivity contribution in [2.24, 2.45) is 0 Å². The normalized spacial score (nSPS) is 14.3. The largest absolute Gasteiger partial charge is 0.465 e. The van der Waals surface area contributed by atoms with E-state index in [0.717, 1.165) is 31.6 Å². The van der Waals surface area contributed by atoms with Crippen LogP contribution in [0.4, 0.5) is 21.0 Å². The van der Waals surface area contributed by atoms with Crippen LogP contribution in [0.3, 0.4) is 0 Å². The summed E-state index contributed by atoms with van der Waals surface area (Å²) in [5.74, 6) is 0. The van der Waals surface area contributed by atoms with Crippen molar-refractivity contribution in [1.82, 2.24) is 4.90 Å². The first kappa shape index (κ1) is 14.0. The Kier molecular flexibility index (Phi) is 3.97. The lowest BCUT2D eigenvalue weighted by Crippen LogP contribution is -2.34. The minimum Gasteiger partial charge on any atom is -0.465 e. The van der Waals surface area contributed by atoms with Crippen molar-refractivity contribution >= 4 is 23.6 Å². The Morgan fingerprint density at radius 2 is 1.80 bits per heavy atom. The Labute approximate surface area is 116 Å². The zero-order valence-corrected chi connectivity index (χ0v) is 11.0. The van der Waals surface area contributed by atoms with Crippen molar-refractivity contribution < 1.29 is 19.8 Å². The van der Waals surface area contributed by atoms with E-state index in [-0.39, 0.29) is 6.54 Å². The lowest BCUT2D eigenvalue weighted by Gasteiger charge is -2.23. The summed E-state index contributed by atoms with van der Waals surface area (Å²) in [5, 5.41) is 17.9. The van der Waals surface area contributed by atoms with Crippen molar-refractivity contribution in [2.75, 3.05) is 23.7 Å². The fourth-order valence-electron chi connectivity index (χ4n) is 2.39. The van der Waals surface area contributed by atoms with Gasteiger partial charge in [0.2, 0.25) is 0 Å². The number of imide groups is 1. The number of benzene rings is 1. The second kappa shape index (κ2) is 5.68. The van der Waals surface area contributed by atoms with Crippen molar-refractivity contribution in [1.29, 1.82) is 0 Å². The van der Waals surface area contributed by atoms with Crippen LogP contribution in [0.2, 0.25) is 0 Å². The molecule has 1 aromatic carbocycles. The van der Waals surface area contributed by atoms with Gasteiger partial charge in [0.05, 0.1) is 6.54 Å². The predicted octanol–water partition coefficient (Wildman–Crippen LogP) is 2.03. The van der Waals surface area contributed by atoms with Gasteiger partial charge in [-0.2, -0.15) is 0 Å². The van der Waals surface area contributed by atoms with Crippen LogP contribution in [0, 0.1) is 0 Å². The monoisotopic (exact) mass is 279 g/mol. The van der Waals surface area contributed by atoms with Crippen LogP contribution >= 0.6 is 0 Å². The third-order valence-electron chi connectivity index (χ3n) is 3.34. The summed E-state index contributed by atoms with van der Waals surface area (Å²) in [6, 6.07) is 5.19. The lowest BCUT2D eigenvalue weighted by molar-refractivity contribution is 0.120. The minimum absolute atomic E-state index is 0.221. The van der Waals surface area contributed by atoms with Gasteiger partial charge < -0.3 is 20.8 Å². The Morgan fingerprint density at radius 1 is 1.20 bits per heavy atom. The molecule has 2 rings (SSSR count). The van der Waals surface area contributed by atoms with Gasteiger partial charge in [0.25, 0.3) is 0 Å². The number of carbonyl (C=O) groups is 2. The molecule has 1 saturated heterocycles. The molecule has 0 aromatic heterocycles. The summed E-state index contributed by atoms with van der Waals surface area (Å²) in [6.45, 7) is 1.55. The molecule has 0 unspecified atom stereocenters. The molecule has 0 atom stereocenters. The van der Waals surface area contributed by atoms with Gasteiger partial charge >= 0.3 is 12.2 Å². The SMILES string of the molecule is Nc1ccc(N2CCCC2)c(CN(C(=O)O)C(=O)O)c1. The van der Waals surface area contributed by atoms with Crippen molar-refractivity contribution in [3.63, 3.8) is 0 Å². The zero-order valence-electron chi connectivity index (χ0n) is 11.0. The Hall–Kier alpha value is -2.44. The highest BCUT2D eigenvalue weighted by molar-refractivity contribution is 5.85. The van der Waals surface area contributed by atoms with E-state index >= 15 is 0 Å². The quantitative estimate of drug-likeness (QED) is 0.731. The first-order chi connectivity index (χ1) is 9.49. The van der Waals surface area contributed by atoms with Gasteiger partial charge in [0.1, 0.15) is 0 Å². The van der Waals surface area contributed by atoms with E-state index in [4.69, 9.17) is 15.9 Å². The van der Waals surface area contributed by atoms with Crippen LogP contribution in [-0.4, -0.2) is 40.4 Å². The molecular weight excluding hydrogens is 262 g/mol. The van der Waals surface area contributed by atoms with Crippen LogP contribution in [0.1, 0.15) is 18.4 Å². The molecule has 1 aromatic rings. The maximum absolute atomic E-state index is 11.0. The van der Waals surface area contributed by atoms with E-state index in [9.17, 15) is 9.59 Å². The number of nitrogens with zero attached hydrogens (tertiary/aromatic N) is 2. The van der Waals surface area contributed by atoms with Crippen LogP contribution in [0.5, 0.6) is 0 Å². The van der Waals surface area contributed by atoms with Crippen molar-refractivity contribution in [2.45, 2.75) is 19.4 Å². The van der Waals surface area contributed by atoms with Crippen LogP contribution < -0.4 is 10.6 Å². The number of rotatable bonds is 3. The molecule has 1 fully saturated rings. The van der Waals surface area contributed by atoms with Gasteiger partial charge in [-0.25, -0.2) is 14.5 Å². The van der Waals surface area contributed by atoms with E-state index in [1.54, 1.807) is 12.1 Å². The number of amides is 2. The molecule has 0 radical (unpaired) electrons. The Morgan fingerprint density at radius 3 is 2.35 bits per heavy atom. The third-order valence-corrected chi connectivity index (χ3v) is 3.34. The van der Waals surface area contributed by atoms with Gasteiger partial charge in [0, 0.05) is 24.5 Å². The number of nitrogens with two attached hydrogens (primary N) is 1. The molecule has 20 heavy (non-hydrogen) atoms. The second-order valence-corrected chi connectivity index (χ2v) is 4.73. The molecule has 7 nitrogen and oxygen atoms in total. The van der Waals surface area contributed by atoms with E-state index < -0.39 is 12.2 Å². The molecule has 1 aliphatic heterocycles. The first-order valence-corrected chi connectivity index (χ1v) is 6.36. The van der Waals surface area contributed by atoms with E-state index in [2.05, 4.69) is 4.90 Å². The third kappa shape index (κ3) is 2.93. The number of anilines is 2. The van der Waals surface area contributed by atoms with Crippen LogP contribution in [0.25, 0.3) is 0 Å². The maximum Gasteiger partial charge on any atom is 0.417 e. The minimum atomic E-state index is -1.49. The molecule has 0 spiro atoms. The van der Waals surface area contributed by atoms with Gasteiger partial charge in [-0.05, 0) is 36.6 Å². The van der Waals surface area contributed by atoms with Crippen LogP contribution in [0.15, 0.2) is 18.2 Å². The molecule has 2 amide bonds. The summed E-state index contributed by atoms with van der Waals surface area (Å²) >= 11 is 0. The summed E-state index contributed by atoms with van der Waals surface area (Å²) < 4.78 is 0. The van der Waals surface area contributed by atoms with Gasteiger partial charge in [-0.15, -0.1) is 0 Å². The average Bonchev–Trinajstić information content (AvgIpc) is 2.89. The standard InChI is InChI=1S/C13H17N3O4/c14-10-3-4-11(15-5-1-2-6-15)9(7-10)8-16(12(17)18)13(19)20/h3-4,7H,1-2,5-6,8,14H2,(H,17,18)(H,19,20). The fraction of sp³-hybridized carbons (Fsp3) is 0.385. The lowest BCUT2D eigenvalue weighted by atomic mass is 10.1. The zero-order chi connectivity index (χ0) is 14.7. The summed E-state index contributed by atoms with van der Waals surface area (Å²) in [5.41, 5.74) is 7.67. The Bertz CT molecular complexity index is 512. The molecule has 1 heterocycles. The molecule has 4 N–H and O–H groups in total. The van der Waals surface area contributed by atoms with E-state index in [1.165, 1.54) is 0 Å². The smallest absolute Gasteiger partial charge is 0.417 e. The van der Waals surface area contributed by atoms with Gasteiger partial charge in [-0.3, -0.25) is 0 Å². The molecule has 108 valence electrons. The summed E-state index contributed by atoms with van der Waals surface area (Å²) in [7, 11) is 0. The Balaban J connectivity index is 2.31. The van der Waals surface area contributed by atoms with Gasteiger partial charge in [0.15, 0.2) is 0 Å². The molecule has 0 bridgehead atoms. The maximum atomic E-state index is 11.0. The number of hydrogen-bond acceptors (Lipinski definition) is 4. The van der Waals surface area contributed by atoms with Crippen molar-refractivity contribution in [3.8, 4) is 0 Å². The average molecular weight is 279 g/mol. The highest BCUT2D eigenvalue weighted by Gasteiger charge is 2.23. The number of hydrogen-bond donors (Lipinski definition) is 3. The van der Waals surface area contributed by atoms with Crippen LogP contribution in [-0.2, 0) is 6.54 Å². The second-order valence-electron chi connectivity index (χ2n) is 4.73. The summed E-state index contributed by atoms with van der Waals surface area (Å²) in [6.07, 6.45) is -0.837. The fourth-order valence-corrected chi connectivity index (χ4v) is 2.39. The molecule has 1 aliphatic rings. The van der Waals surface area contributed by atoms with E-state index in [0.29, 0.717) is 16.2 Å². The number of carboxylic acid groups (broad SMARTS) is 2. The van der Waals surface area contributed by atoms with Gasteiger partial charge in [-0.1, -0.05) is 0 Å². The molecule has 7 heteroatoms.